The van der Waals surface area contributed by atoms with Crippen molar-refractivity contribution in [2.75, 3.05) is 38.1 Å². The lowest BCUT2D eigenvalue weighted by Crippen LogP contribution is -2.51. The van der Waals surface area contributed by atoms with Crippen molar-refractivity contribution in [2.24, 2.45) is 22.7 Å². The molecular formula is C35H46N2O2. The van der Waals surface area contributed by atoms with Gasteiger partial charge in [0.25, 0.3) is 0 Å². The average Bonchev–Trinajstić information content (AvgIpc) is 3.17. The summed E-state index contributed by atoms with van der Waals surface area (Å²) in [6.45, 7) is 13.1. The van der Waals surface area contributed by atoms with Crippen LogP contribution in [0.15, 0.2) is 47.1 Å². The Kier molecular flexibility index (Phi) is 6.63. The number of nitrogens with zero attached hydrogens (tertiary/aromatic N) is 2. The third kappa shape index (κ3) is 4.70. The van der Waals surface area contributed by atoms with Crippen molar-refractivity contribution >= 4 is 11.5 Å². The van der Waals surface area contributed by atoms with Crippen molar-refractivity contribution in [3.05, 3.63) is 52.6 Å². The number of piperazine rings is 1. The number of hydrogen-bond acceptors (Lipinski definition) is 4. The molecule has 0 bridgehead atoms. The van der Waals surface area contributed by atoms with Crippen LogP contribution in [0.4, 0.5) is 5.69 Å². The molecule has 1 N–H and O–H groups in total. The SMILES string of the molecule is CN1CCN(c2ccc([C@H]3C[C@@]4(C)[C@@H](CC[C@@]4(O)C#CC(C)(C)C)[C@@H]4CCC5=CC(=O)CCC5=C43)cc2)CC1. The number of allylic oxidation sites excluding steroid dienone is 4. The van der Waals surface area contributed by atoms with Crippen LogP contribution in [0.1, 0.15) is 84.1 Å². The Morgan fingerprint density at radius 3 is 2.41 bits per heavy atom. The molecule has 4 nitrogen and oxygen atoms in total. The Balaban J connectivity index is 1.42. The van der Waals surface area contributed by atoms with E-state index in [1.54, 1.807) is 5.57 Å². The van der Waals surface area contributed by atoms with Gasteiger partial charge >= 0.3 is 0 Å². The standard InChI is InChI=1S/C35H46N2O2/c1-33(2,3)16-17-35(39)15-14-31-29-12-8-25-22-27(38)11-13-28(25)32(29)30(23-34(31,35)4)24-6-9-26(10-7-24)37-20-18-36(5)19-21-37/h6-7,9-10,22,29-31,39H,8,11-15,18-21,23H2,1-5H3/t29-,30+,31-,34-,35+/m0/s1. The quantitative estimate of drug-likeness (QED) is 0.472. The molecule has 4 aliphatic carbocycles. The van der Waals surface area contributed by atoms with E-state index in [0.29, 0.717) is 18.3 Å². The second kappa shape index (κ2) is 9.64. The Morgan fingerprint density at radius 1 is 1.00 bits per heavy atom. The number of benzene rings is 1. The van der Waals surface area contributed by atoms with Crippen LogP contribution >= 0.6 is 0 Å². The van der Waals surface area contributed by atoms with Crippen molar-refractivity contribution in [1.82, 2.24) is 4.90 Å². The van der Waals surface area contributed by atoms with E-state index in [-0.39, 0.29) is 22.5 Å². The van der Waals surface area contributed by atoms with Gasteiger partial charge in [0.1, 0.15) is 5.60 Å². The summed E-state index contributed by atoms with van der Waals surface area (Å²) in [4.78, 5) is 17.2. The summed E-state index contributed by atoms with van der Waals surface area (Å²) in [6.07, 6.45) is 8.23. The van der Waals surface area contributed by atoms with E-state index in [9.17, 15) is 9.90 Å². The van der Waals surface area contributed by atoms with Gasteiger partial charge in [-0.1, -0.05) is 36.5 Å². The number of carbonyl (C=O) groups is 1. The van der Waals surface area contributed by atoms with E-state index >= 15 is 0 Å². The maximum absolute atomic E-state index is 12.4. The summed E-state index contributed by atoms with van der Waals surface area (Å²) in [5.74, 6) is 8.29. The highest BCUT2D eigenvalue weighted by Gasteiger charge is 2.62. The van der Waals surface area contributed by atoms with Gasteiger partial charge in [-0.15, -0.1) is 0 Å². The molecule has 0 amide bonds. The summed E-state index contributed by atoms with van der Waals surface area (Å²) < 4.78 is 0. The summed E-state index contributed by atoms with van der Waals surface area (Å²) >= 11 is 0. The first-order chi connectivity index (χ1) is 18.5. The normalized spacial score (nSPS) is 35.0. The number of anilines is 1. The van der Waals surface area contributed by atoms with Crippen LogP contribution in [0.25, 0.3) is 0 Å². The van der Waals surface area contributed by atoms with E-state index < -0.39 is 5.60 Å². The average molecular weight is 527 g/mol. The van der Waals surface area contributed by atoms with Gasteiger partial charge in [-0.05, 0) is 113 Å². The molecule has 1 heterocycles. The highest BCUT2D eigenvalue weighted by atomic mass is 16.3. The van der Waals surface area contributed by atoms with E-state index in [1.807, 2.05) is 6.08 Å². The van der Waals surface area contributed by atoms with Crippen molar-refractivity contribution in [3.63, 3.8) is 0 Å². The van der Waals surface area contributed by atoms with Crippen molar-refractivity contribution in [1.29, 1.82) is 0 Å². The molecule has 1 aromatic carbocycles. The fourth-order valence-corrected chi connectivity index (χ4v) is 8.44. The minimum absolute atomic E-state index is 0.135. The maximum Gasteiger partial charge on any atom is 0.156 e. The van der Waals surface area contributed by atoms with Crippen LogP contribution in [-0.2, 0) is 4.79 Å². The smallest absolute Gasteiger partial charge is 0.156 e. The second-order valence-corrected chi connectivity index (χ2v) is 14.3. The topological polar surface area (TPSA) is 43.8 Å². The van der Waals surface area contributed by atoms with Crippen molar-refractivity contribution in [2.45, 2.75) is 84.2 Å². The lowest BCUT2D eigenvalue weighted by molar-refractivity contribution is -0.114. The molecule has 2 saturated carbocycles. The highest BCUT2D eigenvalue weighted by Crippen LogP contribution is 2.66. The molecule has 1 aliphatic heterocycles. The van der Waals surface area contributed by atoms with Crippen LogP contribution < -0.4 is 4.90 Å². The van der Waals surface area contributed by atoms with Crippen molar-refractivity contribution < 1.29 is 9.90 Å². The Bertz CT molecular complexity index is 1260. The first-order valence-corrected chi connectivity index (χ1v) is 15.2. The summed E-state index contributed by atoms with van der Waals surface area (Å²) in [7, 11) is 2.20. The molecule has 4 heteroatoms. The maximum atomic E-state index is 12.4. The molecule has 0 aromatic heterocycles. The van der Waals surface area contributed by atoms with Crippen LogP contribution in [0, 0.1) is 34.5 Å². The lowest BCUT2D eigenvalue weighted by Gasteiger charge is -2.53. The van der Waals surface area contributed by atoms with Crippen molar-refractivity contribution in [3.8, 4) is 11.8 Å². The van der Waals surface area contributed by atoms with Crippen LogP contribution in [0.2, 0.25) is 0 Å². The molecule has 0 unspecified atom stereocenters. The Labute approximate surface area is 235 Å². The molecule has 39 heavy (non-hydrogen) atoms. The van der Waals surface area contributed by atoms with Gasteiger partial charge in [0, 0.05) is 55.0 Å². The lowest BCUT2D eigenvalue weighted by atomic mass is 9.51. The van der Waals surface area contributed by atoms with Gasteiger partial charge in [0.15, 0.2) is 5.78 Å². The molecular weight excluding hydrogens is 480 g/mol. The zero-order valence-corrected chi connectivity index (χ0v) is 24.6. The Hall–Kier alpha value is -2.35. The summed E-state index contributed by atoms with van der Waals surface area (Å²) in [6, 6.07) is 9.35. The molecule has 5 atom stereocenters. The molecule has 3 fully saturated rings. The third-order valence-corrected chi connectivity index (χ3v) is 10.7. The number of ketones is 1. The van der Waals surface area contributed by atoms with Gasteiger partial charge in [0.05, 0.1) is 0 Å². The number of hydrogen-bond donors (Lipinski definition) is 1. The molecule has 208 valence electrons. The minimum atomic E-state index is -0.961. The van der Waals surface area contributed by atoms with Crippen LogP contribution in [-0.4, -0.2) is 54.6 Å². The van der Waals surface area contributed by atoms with Gasteiger partial charge in [0.2, 0.25) is 0 Å². The fourth-order valence-electron chi connectivity index (χ4n) is 8.44. The monoisotopic (exact) mass is 526 g/mol. The van der Waals surface area contributed by atoms with E-state index in [0.717, 1.165) is 64.7 Å². The molecule has 1 saturated heterocycles. The molecule has 1 aromatic rings. The molecule has 5 aliphatic rings. The first-order valence-electron chi connectivity index (χ1n) is 15.2. The van der Waals surface area contributed by atoms with E-state index in [2.05, 4.69) is 80.6 Å². The fraction of sp³-hybridized carbons (Fsp3) is 0.629. The number of aliphatic hydroxyl groups is 1. The number of rotatable bonds is 2. The predicted molar refractivity (Wildman–Crippen MR) is 159 cm³/mol. The molecule has 0 radical (unpaired) electrons. The Morgan fingerprint density at radius 2 is 1.72 bits per heavy atom. The number of fused-ring (bicyclic) bond motifs is 4. The zero-order chi connectivity index (χ0) is 27.6. The van der Waals surface area contributed by atoms with Gasteiger partial charge < -0.3 is 14.9 Å². The van der Waals surface area contributed by atoms with Gasteiger partial charge in [-0.2, -0.15) is 0 Å². The highest BCUT2D eigenvalue weighted by molar-refractivity contribution is 5.93. The molecule has 6 rings (SSSR count). The summed E-state index contributed by atoms with van der Waals surface area (Å²) in [5.41, 5.74) is 5.66. The van der Waals surface area contributed by atoms with Gasteiger partial charge in [-0.3, -0.25) is 4.79 Å². The van der Waals surface area contributed by atoms with Gasteiger partial charge in [-0.25, -0.2) is 0 Å². The molecule has 0 spiro atoms. The number of likely N-dealkylation sites (N-methyl/N-ethyl adjacent to an activating group) is 1. The van der Waals surface area contributed by atoms with Crippen LogP contribution in [0.3, 0.4) is 0 Å². The second-order valence-electron chi connectivity index (χ2n) is 14.3. The first kappa shape index (κ1) is 26.9. The van der Waals surface area contributed by atoms with E-state index in [1.165, 1.54) is 22.4 Å². The number of carbonyl (C=O) groups excluding carboxylic acids is 1. The predicted octanol–water partition coefficient (Wildman–Crippen LogP) is 6.12. The zero-order valence-electron chi connectivity index (χ0n) is 24.6. The largest absolute Gasteiger partial charge is 0.377 e. The third-order valence-electron chi connectivity index (χ3n) is 10.7. The van der Waals surface area contributed by atoms with Crippen LogP contribution in [0.5, 0.6) is 0 Å². The van der Waals surface area contributed by atoms with E-state index in [4.69, 9.17) is 0 Å². The minimum Gasteiger partial charge on any atom is -0.377 e. The summed E-state index contributed by atoms with van der Waals surface area (Å²) in [5, 5.41) is 12.2.